The number of likely N-dealkylation sites (tertiary alicyclic amines) is 1. The van der Waals surface area contributed by atoms with Gasteiger partial charge < -0.3 is 14.4 Å². The Labute approximate surface area is 494 Å². The summed E-state index contributed by atoms with van der Waals surface area (Å²) in [6.45, 7) is 9.65. The van der Waals surface area contributed by atoms with Crippen molar-refractivity contribution in [2.24, 2.45) is 64.6 Å². The molecule has 0 radical (unpaired) electrons. The Morgan fingerprint density at radius 2 is 1.58 bits per heavy atom. The van der Waals surface area contributed by atoms with E-state index in [4.69, 9.17) is 9.47 Å². The molecule has 5 fully saturated rings. The molecule has 17 atom stereocenters. The van der Waals surface area contributed by atoms with Crippen LogP contribution in [-0.4, -0.2) is 58.9 Å². The molecule has 0 bridgehead atoms. The zero-order valence-corrected chi connectivity index (χ0v) is 51.1. The van der Waals surface area contributed by atoms with E-state index in [-0.39, 0.29) is 11.5 Å². The van der Waals surface area contributed by atoms with Crippen molar-refractivity contribution in [1.82, 2.24) is 9.80 Å². The molecule has 0 spiro atoms. The van der Waals surface area contributed by atoms with Gasteiger partial charge in [0.05, 0.1) is 24.4 Å². The standard InChI is InChI=1S/C77H110N2O2/c1-4-7-18-55(6-3)53-80-66-45-33-57(34-46-66)56-29-38-63(39-30-56)78(64-40-31-58(32-41-64)59-35-50-76-72(51-59)71-24-15-17-26-75(71)79(76)62-21-12-9-13-22-62)65-42-49-70-69-23-14-16-25-73(69)77(74(70)52-65,60-19-10-8-11-20-60)61-36-47-68(48-37-61)81-67-43-27-54(5-2)28-44-67/h5,8,10,24,27-29,33,36,38-40,42-43,49,55-56,58-60,62,65-70,72-76H,2,4,6-7,9,11-23,25-26,30-32,34-35,37,41,44-48,50-53H2,1,3H3/t55?,56-,58?,59?,60?,65?,66?,67?,68-,69?,70?,72?,73?,74?,75?,76?,77?/m0/s1. The normalized spacial score (nSPS) is 40.1. The van der Waals surface area contributed by atoms with Crippen LogP contribution in [0.15, 0.2) is 131 Å². The van der Waals surface area contributed by atoms with Crippen molar-refractivity contribution in [3.8, 4) is 0 Å². The predicted octanol–water partition coefficient (Wildman–Crippen LogP) is 19.7. The van der Waals surface area contributed by atoms with Crippen LogP contribution in [0.4, 0.5) is 0 Å². The molecule has 12 aliphatic carbocycles. The van der Waals surface area contributed by atoms with Crippen LogP contribution < -0.4 is 0 Å². The number of rotatable bonds is 18. The van der Waals surface area contributed by atoms with E-state index >= 15 is 0 Å². The average Bonchev–Trinajstić information content (AvgIpc) is 4.05. The maximum absolute atomic E-state index is 6.93. The van der Waals surface area contributed by atoms with Crippen LogP contribution in [-0.2, 0) is 9.47 Å². The van der Waals surface area contributed by atoms with Crippen molar-refractivity contribution in [3.63, 3.8) is 0 Å². The van der Waals surface area contributed by atoms with Crippen molar-refractivity contribution in [3.05, 3.63) is 131 Å². The molecule has 0 aromatic carbocycles. The number of allylic oxidation sites excluding steroid dienone is 14. The molecule has 1 saturated heterocycles. The van der Waals surface area contributed by atoms with Crippen LogP contribution in [0.3, 0.4) is 0 Å². The van der Waals surface area contributed by atoms with Crippen LogP contribution in [0.5, 0.6) is 0 Å². The third-order valence-electron chi connectivity index (χ3n) is 25.2. The number of ether oxygens (including phenoxy) is 2. The van der Waals surface area contributed by atoms with Crippen LogP contribution >= 0.6 is 0 Å². The van der Waals surface area contributed by atoms with Gasteiger partial charge in [-0.25, -0.2) is 0 Å². The summed E-state index contributed by atoms with van der Waals surface area (Å²) >= 11 is 0. The van der Waals surface area contributed by atoms with Gasteiger partial charge in [0.25, 0.3) is 0 Å². The molecule has 0 amide bonds. The molecule has 440 valence electrons. The maximum atomic E-state index is 6.93. The molecule has 4 saturated carbocycles. The molecule has 13 rings (SSSR count). The highest BCUT2D eigenvalue weighted by Crippen LogP contribution is 2.70. The van der Waals surface area contributed by atoms with E-state index in [1.165, 1.54) is 204 Å². The van der Waals surface area contributed by atoms with Crippen LogP contribution in [0.25, 0.3) is 0 Å². The third kappa shape index (κ3) is 11.7. The van der Waals surface area contributed by atoms with E-state index in [9.17, 15) is 0 Å². The summed E-state index contributed by atoms with van der Waals surface area (Å²) in [7, 11) is 0. The second-order valence-corrected chi connectivity index (χ2v) is 29.1. The summed E-state index contributed by atoms with van der Waals surface area (Å²) in [5, 5.41) is 0. The first-order chi connectivity index (χ1) is 40.0. The molecule has 81 heavy (non-hydrogen) atoms. The number of nitrogens with zero attached hydrogens (tertiary/aromatic N) is 2. The van der Waals surface area contributed by atoms with Gasteiger partial charge in [-0.1, -0.05) is 174 Å². The number of hydrogen-bond donors (Lipinski definition) is 0. The summed E-state index contributed by atoms with van der Waals surface area (Å²) < 4.78 is 13.6. The highest BCUT2D eigenvalue weighted by Gasteiger charge is 2.64. The lowest BCUT2D eigenvalue weighted by Crippen LogP contribution is -2.48. The van der Waals surface area contributed by atoms with Gasteiger partial charge in [0.15, 0.2) is 0 Å². The first kappa shape index (κ1) is 56.9. The molecular formula is C77H110N2O2. The van der Waals surface area contributed by atoms with Gasteiger partial charge in [0.1, 0.15) is 0 Å². The largest absolute Gasteiger partial charge is 0.378 e. The van der Waals surface area contributed by atoms with Crippen LogP contribution in [0.2, 0.25) is 0 Å². The number of unbranched alkanes of at least 4 members (excludes halogenated alkanes) is 1. The molecule has 0 aromatic rings. The lowest BCUT2D eigenvalue weighted by molar-refractivity contribution is -0.00221. The Morgan fingerprint density at radius 3 is 2.33 bits per heavy atom. The second kappa shape index (κ2) is 26.2. The molecular weight excluding hydrogens is 985 g/mol. The van der Waals surface area contributed by atoms with Crippen molar-refractivity contribution in [1.29, 1.82) is 0 Å². The molecule has 0 N–H and O–H groups in total. The van der Waals surface area contributed by atoms with Gasteiger partial charge in [-0.15, -0.1) is 0 Å². The lowest BCUT2D eigenvalue weighted by atomic mass is 9.52. The fourth-order valence-electron chi connectivity index (χ4n) is 21.2. The summed E-state index contributed by atoms with van der Waals surface area (Å²) in [5.74, 6) is 7.54. The summed E-state index contributed by atoms with van der Waals surface area (Å²) in [4.78, 5) is 6.18. The Hall–Kier alpha value is -3.18. The second-order valence-electron chi connectivity index (χ2n) is 29.1. The zero-order valence-electron chi connectivity index (χ0n) is 51.1. The van der Waals surface area contributed by atoms with Gasteiger partial charge >= 0.3 is 0 Å². The summed E-state index contributed by atoms with van der Waals surface area (Å²) in [6, 6.07) is 2.85. The molecule has 4 heteroatoms. The Kier molecular flexibility index (Phi) is 18.4. The van der Waals surface area contributed by atoms with Crippen molar-refractivity contribution in [2.75, 3.05) is 6.61 Å². The molecule has 1 heterocycles. The van der Waals surface area contributed by atoms with Gasteiger partial charge in [0, 0.05) is 47.5 Å². The molecule has 4 nitrogen and oxygen atoms in total. The minimum absolute atomic E-state index is 0.189. The van der Waals surface area contributed by atoms with E-state index < -0.39 is 0 Å². The van der Waals surface area contributed by atoms with E-state index in [0.29, 0.717) is 41.9 Å². The SMILES string of the molecule is C=CC1=CCC(O[C@H]2CC=C(C3(C4CC=CCC4)C4CC(N(C5=CC[C@@H](C6=CCC(OCC(CC)CCCC)CC6)C=C5)C5=CCC(C6CCC7C(C6)C6=CCCCC6N7C6CCCCC6)CC5)C=CC4C4CCCCC43)CC2)C=C1. The lowest BCUT2D eigenvalue weighted by Gasteiger charge is -2.53. The first-order valence-corrected chi connectivity index (χ1v) is 35.3. The molecule has 15 unspecified atom stereocenters. The van der Waals surface area contributed by atoms with Gasteiger partial charge in [0.2, 0.25) is 0 Å². The van der Waals surface area contributed by atoms with Crippen LogP contribution in [0, 0.1) is 64.6 Å². The van der Waals surface area contributed by atoms with Crippen LogP contribution in [0.1, 0.15) is 232 Å². The zero-order chi connectivity index (χ0) is 54.7. The summed E-state index contributed by atoms with van der Waals surface area (Å²) in [6.07, 6.45) is 84.5. The van der Waals surface area contributed by atoms with E-state index in [2.05, 4.69) is 115 Å². The monoisotopic (exact) mass is 1090 g/mol. The predicted molar refractivity (Wildman–Crippen MR) is 338 cm³/mol. The van der Waals surface area contributed by atoms with Crippen molar-refractivity contribution >= 4 is 0 Å². The minimum atomic E-state index is 0.189. The molecule has 13 aliphatic rings. The molecule has 0 aromatic heterocycles. The fraction of sp³-hybridized carbons (Fsp3) is 0.714. The topological polar surface area (TPSA) is 24.9 Å². The van der Waals surface area contributed by atoms with E-state index in [0.717, 1.165) is 85.9 Å². The highest BCUT2D eigenvalue weighted by molar-refractivity contribution is 5.38. The Balaban J connectivity index is 0.771. The smallest absolute Gasteiger partial charge is 0.0797 e. The maximum Gasteiger partial charge on any atom is 0.0797 e. The Bertz CT molecular complexity index is 2500. The van der Waals surface area contributed by atoms with Crippen molar-refractivity contribution in [2.45, 2.75) is 275 Å². The van der Waals surface area contributed by atoms with Crippen molar-refractivity contribution < 1.29 is 9.47 Å². The van der Waals surface area contributed by atoms with E-state index in [1.54, 1.807) is 11.3 Å². The van der Waals surface area contributed by atoms with Gasteiger partial charge in [-0.05, 0) is 232 Å². The number of hydrogen-bond acceptors (Lipinski definition) is 4. The molecule has 1 aliphatic heterocycles. The van der Waals surface area contributed by atoms with Gasteiger partial charge in [-0.2, -0.15) is 0 Å². The first-order valence-electron chi connectivity index (χ1n) is 35.3. The van der Waals surface area contributed by atoms with Gasteiger partial charge in [-0.3, -0.25) is 4.90 Å². The minimum Gasteiger partial charge on any atom is -0.378 e. The highest BCUT2D eigenvalue weighted by atomic mass is 16.5. The Morgan fingerprint density at radius 1 is 0.691 bits per heavy atom. The quantitative estimate of drug-likeness (QED) is 0.128. The third-order valence-corrected chi connectivity index (χ3v) is 25.2. The fourth-order valence-corrected chi connectivity index (χ4v) is 21.2. The average molecular weight is 1100 g/mol. The summed E-state index contributed by atoms with van der Waals surface area (Å²) in [5.41, 5.74) is 10.1. The van der Waals surface area contributed by atoms with E-state index in [1.807, 2.05) is 17.2 Å². The number of fused-ring (bicyclic) bond motifs is 6.